The number of nitrogens with one attached hydrogen (secondary N) is 1. The number of hydrogen-bond acceptors (Lipinski definition) is 7. The molecule has 1 aliphatic heterocycles. The SMILES string of the molecule is Nc1ccc2c3c(N)ncnc3n(CC(=O)N3[C@@H]4C[C@@H]4C[C@H]3C(=O)Nc3cccc(Br)n3)c2c1. The molecular formula is C23H21BrN8O2. The molecule has 172 valence electrons. The molecule has 6 rings (SSSR count). The van der Waals surface area contributed by atoms with Gasteiger partial charge in [0, 0.05) is 17.1 Å². The van der Waals surface area contributed by atoms with Crippen molar-refractivity contribution in [1.82, 2.24) is 24.4 Å². The van der Waals surface area contributed by atoms with E-state index in [-0.39, 0.29) is 24.4 Å². The first kappa shape index (κ1) is 20.8. The van der Waals surface area contributed by atoms with Crippen LogP contribution < -0.4 is 16.8 Å². The molecule has 4 aromatic rings. The number of rotatable bonds is 4. The van der Waals surface area contributed by atoms with Crippen LogP contribution in [-0.4, -0.2) is 48.3 Å². The van der Waals surface area contributed by atoms with Gasteiger partial charge in [0.25, 0.3) is 0 Å². The molecule has 0 bridgehead atoms. The summed E-state index contributed by atoms with van der Waals surface area (Å²) in [6.45, 7) is 0.0159. The molecule has 3 aromatic heterocycles. The quantitative estimate of drug-likeness (QED) is 0.276. The highest BCUT2D eigenvalue weighted by Crippen LogP contribution is 2.48. The second kappa shape index (κ2) is 7.66. The number of likely N-dealkylation sites (tertiary alicyclic amines) is 1. The Kier molecular flexibility index (Phi) is 4.70. The number of nitrogen functional groups attached to an aromatic ring is 2. The molecule has 11 heteroatoms. The van der Waals surface area contributed by atoms with Gasteiger partial charge in [0.1, 0.15) is 40.8 Å². The second-order valence-electron chi connectivity index (χ2n) is 8.77. The highest BCUT2D eigenvalue weighted by Gasteiger charge is 2.56. The number of nitrogens with two attached hydrogens (primary N) is 2. The van der Waals surface area contributed by atoms with Crippen LogP contribution in [0.25, 0.3) is 21.9 Å². The van der Waals surface area contributed by atoms with Crippen LogP contribution in [0, 0.1) is 5.92 Å². The van der Waals surface area contributed by atoms with Gasteiger partial charge in [-0.05, 0) is 65.0 Å². The third-order valence-corrected chi connectivity index (χ3v) is 7.09. The number of carbonyl (C=O) groups excluding carboxylic acids is 2. The third kappa shape index (κ3) is 3.35. The summed E-state index contributed by atoms with van der Waals surface area (Å²) in [5.74, 6) is 0.752. The first-order chi connectivity index (χ1) is 16.4. The molecule has 2 amide bonds. The first-order valence-electron chi connectivity index (χ1n) is 10.9. The topological polar surface area (TPSA) is 145 Å². The summed E-state index contributed by atoms with van der Waals surface area (Å²) in [5, 5.41) is 4.36. The number of fused-ring (bicyclic) bond motifs is 4. The highest BCUT2D eigenvalue weighted by atomic mass is 79.9. The van der Waals surface area contributed by atoms with E-state index in [0.717, 1.165) is 17.3 Å². The van der Waals surface area contributed by atoms with Gasteiger partial charge in [0.15, 0.2) is 0 Å². The normalized spacial score (nSPS) is 21.1. The number of anilines is 3. The van der Waals surface area contributed by atoms with E-state index < -0.39 is 6.04 Å². The van der Waals surface area contributed by atoms with Gasteiger partial charge in [-0.25, -0.2) is 15.0 Å². The third-order valence-electron chi connectivity index (χ3n) is 6.65. The maximum Gasteiger partial charge on any atom is 0.248 e. The van der Waals surface area contributed by atoms with E-state index >= 15 is 0 Å². The maximum atomic E-state index is 13.6. The van der Waals surface area contributed by atoms with Crippen molar-refractivity contribution in [2.24, 2.45) is 5.92 Å². The first-order valence-corrected chi connectivity index (χ1v) is 11.7. The van der Waals surface area contributed by atoms with Crippen molar-refractivity contribution in [3.63, 3.8) is 0 Å². The molecule has 10 nitrogen and oxygen atoms in total. The lowest BCUT2D eigenvalue weighted by molar-refractivity contribution is -0.138. The second-order valence-corrected chi connectivity index (χ2v) is 9.58. The number of halogens is 1. The van der Waals surface area contributed by atoms with Gasteiger partial charge >= 0.3 is 0 Å². The molecule has 0 spiro atoms. The fraction of sp³-hybridized carbons (Fsp3) is 0.261. The zero-order chi connectivity index (χ0) is 23.6. The Morgan fingerprint density at radius 1 is 1.15 bits per heavy atom. The number of hydrogen-bond donors (Lipinski definition) is 3. The van der Waals surface area contributed by atoms with Crippen molar-refractivity contribution in [3.05, 3.63) is 47.3 Å². The van der Waals surface area contributed by atoms with Gasteiger partial charge in [-0.2, -0.15) is 0 Å². The number of pyridine rings is 1. The molecule has 34 heavy (non-hydrogen) atoms. The highest BCUT2D eigenvalue weighted by molar-refractivity contribution is 9.10. The molecule has 1 saturated heterocycles. The van der Waals surface area contributed by atoms with E-state index in [1.54, 1.807) is 35.2 Å². The van der Waals surface area contributed by atoms with Crippen LogP contribution in [-0.2, 0) is 16.1 Å². The predicted octanol–water partition coefficient (Wildman–Crippen LogP) is 2.53. The van der Waals surface area contributed by atoms with Gasteiger partial charge in [0.2, 0.25) is 11.8 Å². The lowest BCUT2D eigenvalue weighted by atomic mass is 10.1. The van der Waals surface area contributed by atoms with E-state index in [1.807, 2.05) is 10.6 Å². The van der Waals surface area contributed by atoms with Gasteiger partial charge < -0.3 is 26.3 Å². The number of benzene rings is 1. The Bertz CT molecular complexity index is 1480. The van der Waals surface area contributed by atoms with Gasteiger partial charge in [-0.15, -0.1) is 0 Å². The van der Waals surface area contributed by atoms with Crippen LogP contribution in [0.1, 0.15) is 12.8 Å². The summed E-state index contributed by atoms with van der Waals surface area (Å²) in [4.78, 5) is 41.2. The van der Waals surface area contributed by atoms with Crippen molar-refractivity contribution < 1.29 is 9.59 Å². The van der Waals surface area contributed by atoms with E-state index in [0.29, 0.717) is 45.3 Å². The van der Waals surface area contributed by atoms with E-state index in [2.05, 4.69) is 36.2 Å². The largest absolute Gasteiger partial charge is 0.399 e. The molecule has 2 fully saturated rings. The molecule has 3 atom stereocenters. The Labute approximate surface area is 202 Å². The minimum Gasteiger partial charge on any atom is -0.399 e. The van der Waals surface area contributed by atoms with E-state index in [9.17, 15) is 9.59 Å². The average Bonchev–Trinajstić information content (AvgIpc) is 3.35. The lowest BCUT2D eigenvalue weighted by Crippen LogP contribution is -2.46. The predicted molar refractivity (Wildman–Crippen MR) is 132 cm³/mol. The average molecular weight is 521 g/mol. The minimum atomic E-state index is -0.546. The monoisotopic (exact) mass is 520 g/mol. The number of piperidine rings is 1. The zero-order valence-electron chi connectivity index (χ0n) is 18.0. The van der Waals surface area contributed by atoms with Crippen LogP contribution in [0.3, 0.4) is 0 Å². The number of aromatic nitrogens is 4. The summed E-state index contributed by atoms with van der Waals surface area (Å²) >= 11 is 3.31. The summed E-state index contributed by atoms with van der Waals surface area (Å²) < 4.78 is 2.43. The lowest BCUT2D eigenvalue weighted by Gasteiger charge is -2.27. The molecule has 4 heterocycles. The van der Waals surface area contributed by atoms with Crippen LogP contribution in [0.2, 0.25) is 0 Å². The van der Waals surface area contributed by atoms with Crippen molar-refractivity contribution in [1.29, 1.82) is 0 Å². The Morgan fingerprint density at radius 3 is 2.82 bits per heavy atom. The van der Waals surface area contributed by atoms with Gasteiger partial charge in [0.05, 0.1) is 10.9 Å². The minimum absolute atomic E-state index is 0.0159. The summed E-state index contributed by atoms with van der Waals surface area (Å²) in [5.41, 5.74) is 14.1. The van der Waals surface area contributed by atoms with Gasteiger partial charge in [-0.1, -0.05) is 6.07 Å². The molecule has 1 aliphatic carbocycles. The Hall–Kier alpha value is -3.73. The molecule has 2 aliphatic rings. The number of nitrogens with zero attached hydrogens (tertiary/aromatic N) is 5. The van der Waals surface area contributed by atoms with Gasteiger partial charge in [-0.3, -0.25) is 9.59 Å². The summed E-state index contributed by atoms with van der Waals surface area (Å²) in [6, 6.07) is 10.3. The molecular weight excluding hydrogens is 500 g/mol. The van der Waals surface area contributed by atoms with Crippen molar-refractivity contribution >= 4 is 67.0 Å². The summed E-state index contributed by atoms with van der Waals surface area (Å²) in [6.07, 6.45) is 2.94. The van der Waals surface area contributed by atoms with Crippen molar-refractivity contribution in [2.45, 2.75) is 31.5 Å². The standard InChI is InChI=1S/C23H21BrN8O2/c24-17-2-1-3-18(29-17)30-23(34)16-7-11-6-14(11)32(16)19(33)9-31-15-8-12(25)4-5-13(15)20-21(26)27-10-28-22(20)31/h1-5,8,10-11,14,16H,6-7,9,25H2,(H2,26,27,28)(H,29,30,34)/t11-,14-,16+/m1/s1. The molecule has 1 saturated carbocycles. The van der Waals surface area contributed by atoms with Crippen LogP contribution in [0.15, 0.2) is 47.3 Å². The molecule has 1 aromatic carbocycles. The van der Waals surface area contributed by atoms with E-state index in [1.165, 1.54) is 6.33 Å². The fourth-order valence-corrected chi connectivity index (χ4v) is 5.41. The molecule has 0 radical (unpaired) electrons. The van der Waals surface area contributed by atoms with Crippen molar-refractivity contribution in [2.75, 3.05) is 16.8 Å². The van der Waals surface area contributed by atoms with Crippen LogP contribution in [0.5, 0.6) is 0 Å². The smallest absolute Gasteiger partial charge is 0.248 e. The van der Waals surface area contributed by atoms with Crippen LogP contribution in [0.4, 0.5) is 17.3 Å². The Morgan fingerprint density at radius 2 is 2.00 bits per heavy atom. The number of carbonyl (C=O) groups is 2. The Balaban J connectivity index is 1.33. The summed E-state index contributed by atoms with van der Waals surface area (Å²) in [7, 11) is 0. The van der Waals surface area contributed by atoms with E-state index in [4.69, 9.17) is 11.5 Å². The zero-order valence-corrected chi connectivity index (χ0v) is 19.6. The molecule has 5 N–H and O–H groups in total. The molecule has 0 unspecified atom stereocenters. The number of amides is 2. The maximum absolute atomic E-state index is 13.6. The van der Waals surface area contributed by atoms with Crippen molar-refractivity contribution in [3.8, 4) is 0 Å². The fourth-order valence-electron chi connectivity index (χ4n) is 5.06. The van der Waals surface area contributed by atoms with Crippen LogP contribution >= 0.6 is 15.9 Å².